The molecular weight excluding hydrogens is 308 g/mol. The first kappa shape index (κ1) is 14.8. The summed E-state index contributed by atoms with van der Waals surface area (Å²) >= 11 is 3.53. The fourth-order valence-electron chi connectivity index (χ4n) is 2.53. The van der Waals surface area contributed by atoms with Crippen LogP contribution in [0.15, 0.2) is 22.7 Å². The lowest BCUT2D eigenvalue weighted by Crippen LogP contribution is -2.38. The molecule has 2 atom stereocenters. The molecule has 0 bridgehead atoms. The molecule has 0 amide bonds. The maximum atomic E-state index is 5.96. The largest absolute Gasteiger partial charge is 0.496 e. The van der Waals surface area contributed by atoms with Gasteiger partial charge in [0.05, 0.1) is 18.2 Å². The fraction of sp³-hybridized carbons (Fsp3) is 0.571. The van der Waals surface area contributed by atoms with E-state index in [-0.39, 0.29) is 6.04 Å². The van der Waals surface area contributed by atoms with Crippen molar-refractivity contribution in [2.75, 3.05) is 33.9 Å². The summed E-state index contributed by atoms with van der Waals surface area (Å²) in [7, 11) is 3.79. The monoisotopic (exact) mass is 328 g/mol. The number of benzene rings is 1. The van der Waals surface area contributed by atoms with Crippen molar-refractivity contribution in [2.24, 2.45) is 5.73 Å². The van der Waals surface area contributed by atoms with Gasteiger partial charge in [-0.3, -0.25) is 4.90 Å². The van der Waals surface area contributed by atoms with E-state index in [0.29, 0.717) is 12.6 Å². The number of methoxy groups -OCH3 is 1. The Morgan fingerprint density at radius 2 is 2.37 bits per heavy atom. The number of hydrogen-bond acceptors (Lipinski definition) is 4. The molecule has 19 heavy (non-hydrogen) atoms. The smallest absolute Gasteiger partial charge is 0.133 e. The van der Waals surface area contributed by atoms with Crippen LogP contribution in [0.5, 0.6) is 5.75 Å². The van der Waals surface area contributed by atoms with Crippen LogP contribution in [0, 0.1) is 0 Å². The first-order valence-electron chi connectivity index (χ1n) is 6.50. The van der Waals surface area contributed by atoms with Crippen molar-refractivity contribution in [1.29, 1.82) is 0 Å². The highest BCUT2D eigenvalue weighted by molar-refractivity contribution is 9.10. The predicted octanol–water partition coefficient (Wildman–Crippen LogP) is 2.18. The number of ether oxygens (including phenoxy) is 2. The minimum atomic E-state index is 0.203. The van der Waals surface area contributed by atoms with Gasteiger partial charge in [-0.15, -0.1) is 0 Å². The van der Waals surface area contributed by atoms with E-state index in [9.17, 15) is 0 Å². The third-order valence-corrected chi connectivity index (χ3v) is 4.38. The lowest BCUT2D eigenvalue weighted by Gasteiger charge is -2.32. The van der Waals surface area contributed by atoms with Gasteiger partial charge in [-0.05, 0) is 47.1 Å². The second kappa shape index (κ2) is 6.70. The number of likely N-dealkylation sites (N-methyl/N-ethyl adjacent to an activating group) is 1. The normalized spacial score (nSPS) is 20.8. The van der Waals surface area contributed by atoms with Crippen LogP contribution in [-0.2, 0) is 4.74 Å². The van der Waals surface area contributed by atoms with Gasteiger partial charge in [0.2, 0.25) is 0 Å². The van der Waals surface area contributed by atoms with E-state index in [1.165, 1.54) is 5.56 Å². The van der Waals surface area contributed by atoms with E-state index >= 15 is 0 Å². The Hall–Kier alpha value is -0.620. The highest BCUT2D eigenvalue weighted by Crippen LogP contribution is 2.31. The number of nitrogens with zero attached hydrogens (tertiary/aromatic N) is 1. The van der Waals surface area contributed by atoms with Crippen molar-refractivity contribution < 1.29 is 9.47 Å². The second-order valence-corrected chi connectivity index (χ2v) is 5.68. The van der Waals surface area contributed by atoms with Crippen LogP contribution in [-0.4, -0.2) is 44.9 Å². The number of rotatable bonds is 5. The summed E-state index contributed by atoms with van der Waals surface area (Å²) in [4.78, 5) is 2.32. The molecule has 0 radical (unpaired) electrons. The molecule has 2 rings (SSSR count). The molecule has 106 valence electrons. The van der Waals surface area contributed by atoms with Crippen molar-refractivity contribution >= 4 is 15.9 Å². The van der Waals surface area contributed by atoms with Gasteiger partial charge in [0, 0.05) is 25.2 Å². The molecule has 1 aliphatic heterocycles. The third-order valence-electron chi connectivity index (χ3n) is 3.76. The van der Waals surface area contributed by atoms with Crippen molar-refractivity contribution in [3.8, 4) is 5.75 Å². The molecule has 0 aromatic heterocycles. The van der Waals surface area contributed by atoms with Gasteiger partial charge in [-0.2, -0.15) is 0 Å². The van der Waals surface area contributed by atoms with Gasteiger partial charge < -0.3 is 15.2 Å². The summed E-state index contributed by atoms with van der Waals surface area (Å²) in [6.45, 7) is 2.23. The summed E-state index contributed by atoms with van der Waals surface area (Å²) in [6.07, 6.45) is 1.07. The molecule has 0 saturated carbocycles. The lowest BCUT2D eigenvalue weighted by molar-refractivity contribution is 0.134. The summed E-state index contributed by atoms with van der Waals surface area (Å²) < 4.78 is 11.7. The van der Waals surface area contributed by atoms with Gasteiger partial charge >= 0.3 is 0 Å². The molecule has 1 aromatic rings. The zero-order valence-corrected chi connectivity index (χ0v) is 13.0. The standard InChI is InChI=1S/C14H21BrN2O2/c1-17(11-5-6-19-9-11)13(8-16)10-3-4-14(18-2)12(15)7-10/h3-4,7,11,13H,5-6,8-9,16H2,1-2H3. The van der Waals surface area contributed by atoms with E-state index in [4.69, 9.17) is 15.2 Å². The lowest BCUT2D eigenvalue weighted by atomic mass is 10.0. The first-order chi connectivity index (χ1) is 9.17. The predicted molar refractivity (Wildman–Crippen MR) is 79.5 cm³/mol. The topological polar surface area (TPSA) is 47.7 Å². The van der Waals surface area contributed by atoms with Crippen molar-refractivity contribution in [1.82, 2.24) is 4.90 Å². The van der Waals surface area contributed by atoms with E-state index in [2.05, 4.69) is 40.0 Å². The molecule has 1 heterocycles. The molecule has 1 fully saturated rings. The van der Waals surface area contributed by atoms with Crippen LogP contribution in [0.4, 0.5) is 0 Å². The van der Waals surface area contributed by atoms with E-state index in [1.54, 1.807) is 7.11 Å². The van der Waals surface area contributed by atoms with Crippen LogP contribution >= 0.6 is 15.9 Å². The van der Waals surface area contributed by atoms with Gasteiger partial charge in [0.1, 0.15) is 5.75 Å². The molecule has 4 nitrogen and oxygen atoms in total. The number of nitrogens with two attached hydrogens (primary N) is 1. The summed E-state index contributed by atoms with van der Waals surface area (Å²) in [6, 6.07) is 6.79. The molecule has 1 saturated heterocycles. The molecule has 0 spiro atoms. The van der Waals surface area contributed by atoms with Crippen LogP contribution in [0.2, 0.25) is 0 Å². The Balaban J connectivity index is 2.18. The minimum absolute atomic E-state index is 0.203. The van der Waals surface area contributed by atoms with Crippen molar-refractivity contribution in [3.05, 3.63) is 28.2 Å². The van der Waals surface area contributed by atoms with E-state index < -0.39 is 0 Å². The van der Waals surface area contributed by atoms with Gasteiger partial charge in [0.15, 0.2) is 0 Å². The zero-order chi connectivity index (χ0) is 13.8. The van der Waals surface area contributed by atoms with E-state index in [1.807, 2.05) is 6.07 Å². The van der Waals surface area contributed by atoms with Crippen molar-refractivity contribution in [3.63, 3.8) is 0 Å². The maximum Gasteiger partial charge on any atom is 0.133 e. The Morgan fingerprint density at radius 1 is 1.58 bits per heavy atom. The molecule has 2 unspecified atom stereocenters. The summed E-state index contributed by atoms with van der Waals surface area (Å²) in [5.74, 6) is 0.839. The van der Waals surface area contributed by atoms with Gasteiger partial charge in [-0.1, -0.05) is 6.07 Å². The Kier molecular flexibility index (Phi) is 5.21. The molecular formula is C14H21BrN2O2. The van der Waals surface area contributed by atoms with Gasteiger partial charge in [0.25, 0.3) is 0 Å². The molecule has 5 heteroatoms. The third kappa shape index (κ3) is 3.28. The second-order valence-electron chi connectivity index (χ2n) is 4.83. The SMILES string of the molecule is COc1ccc(C(CN)N(C)C2CCOC2)cc1Br. The van der Waals surface area contributed by atoms with Crippen molar-refractivity contribution in [2.45, 2.75) is 18.5 Å². The van der Waals surface area contributed by atoms with E-state index in [0.717, 1.165) is 29.9 Å². The molecule has 1 aliphatic rings. The molecule has 0 aliphatic carbocycles. The Labute approximate surface area is 123 Å². The molecule has 1 aromatic carbocycles. The quantitative estimate of drug-likeness (QED) is 0.900. The average molecular weight is 329 g/mol. The van der Waals surface area contributed by atoms with Crippen LogP contribution in [0.3, 0.4) is 0 Å². The molecule has 2 N–H and O–H groups in total. The average Bonchev–Trinajstić information content (AvgIpc) is 2.93. The highest BCUT2D eigenvalue weighted by atomic mass is 79.9. The maximum absolute atomic E-state index is 5.96. The van der Waals surface area contributed by atoms with Crippen LogP contribution < -0.4 is 10.5 Å². The zero-order valence-electron chi connectivity index (χ0n) is 11.4. The fourth-order valence-corrected chi connectivity index (χ4v) is 3.08. The number of halogens is 1. The first-order valence-corrected chi connectivity index (χ1v) is 7.30. The summed E-state index contributed by atoms with van der Waals surface area (Å²) in [5, 5.41) is 0. The van der Waals surface area contributed by atoms with Crippen LogP contribution in [0.1, 0.15) is 18.0 Å². The van der Waals surface area contributed by atoms with Gasteiger partial charge in [-0.25, -0.2) is 0 Å². The Bertz CT molecular complexity index is 422. The number of hydrogen-bond donors (Lipinski definition) is 1. The highest BCUT2D eigenvalue weighted by Gasteiger charge is 2.26. The Morgan fingerprint density at radius 3 is 2.89 bits per heavy atom. The van der Waals surface area contributed by atoms with Crippen LogP contribution in [0.25, 0.3) is 0 Å². The summed E-state index contributed by atoms with van der Waals surface area (Å²) in [5.41, 5.74) is 7.16. The minimum Gasteiger partial charge on any atom is -0.496 e.